The minimum Gasteiger partial charge on any atom is -0.480 e. The summed E-state index contributed by atoms with van der Waals surface area (Å²) < 4.78 is 4.73. The Labute approximate surface area is 77.6 Å². The summed E-state index contributed by atoms with van der Waals surface area (Å²) in [5.41, 5.74) is 0.760. The van der Waals surface area contributed by atoms with E-state index in [4.69, 9.17) is 4.74 Å². The summed E-state index contributed by atoms with van der Waals surface area (Å²) in [6.07, 6.45) is 3.23. The lowest BCUT2D eigenvalue weighted by Crippen LogP contribution is -2.12. The molecule has 1 rings (SSSR count). The van der Waals surface area contributed by atoms with E-state index in [1.54, 1.807) is 19.5 Å². The van der Waals surface area contributed by atoms with Crippen LogP contribution in [0.4, 0.5) is 0 Å². The van der Waals surface area contributed by atoms with Crippen LogP contribution in [0.5, 0.6) is 5.88 Å². The lowest BCUT2D eigenvalue weighted by molar-refractivity contribution is 0.384. The van der Waals surface area contributed by atoms with E-state index >= 15 is 0 Å². The Hall–Kier alpha value is -0.770. The van der Waals surface area contributed by atoms with Gasteiger partial charge in [-0.3, -0.25) is 4.98 Å². The lowest BCUT2D eigenvalue weighted by Gasteiger charge is -2.17. The van der Waals surface area contributed by atoms with E-state index in [-0.39, 0.29) is 4.75 Å². The highest BCUT2D eigenvalue weighted by Crippen LogP contribution is 2.30. The summed E-state index contributed by atoms with van der Waals surface area (Å²) in [6.45, 7) is 3.89. The van der Waals surface area contributed by atoms with Gasteiger partial charge in [0.05, 0.1) is 11.9 Å². The van der Waals surface area contributed by atoms with Crippen LogP contribution in [-0.4, -0.2) is 17.1 Å². The molecule has 0 aliphatic carbocycles. The number of aromatic nitrogens is 2. The molecular weight excluding hydrogens is 172 g/mol. The van der Waals surface area contributed by atoms with Crippen molar-refractivity contribution in [2.45, 2.75) is 18.6 Å². The Balaban J connectivity index is 3.14. The third-order valence-corrected chi connectivity index (χ3v) is 1.65. The van der Waals surface area contributed by atoms with Gasteiger partial charge >= 0.3 is 0 Å². The molecule has 0 fully saturated rings. The molecule has 0 saturated carbocycles. The van der Waals surface area contributed by atoms with E-state index in [0.717, 1.165) is 5.69 Å². The average molecular weight is 184 g/mol. The Bertz CT molecular complexity index is 270. The molecule has 4 heteroatoms. The van der Waals surface area contributed by atoms with Crippen LogP contribution in [0.15, 0.2) is 12.4 Å². The largest absolute Gasteiger partial charge is 0.480 e. The molecule has 0 N–H and O–H groups in total. The van der Waals surface area contributed by atoms with Crippen LogP contribution in [0, 0.1) is 0 Å². The minimum absolute atomic E-state index is 0.320. The standard InChI is InChI=1S/C8H12N2OS/c1-8(2,12)6-7(11-3)10-5-4-9-6/h4-5,12H,1-3H3. The fraction of sp³-hybridized carbons (Fsp3) is 0.500. The third-order valence-electron chi connectivity index (χ3n) is 1.44. The van der Waals surface area contributed by atoms with Crippen molar-refractivity contribution < 1.29 is 4.74 Å². The zero-order valence-corrected chi connectivity index (χ0v) is 8.30. The van der Waals surface area contributed by atoms with Crippen molar-refractivity contribution in [3.8, 4) is 5.88 Å². The van der Waals surface area contributed by atoms with Gasteiger partial charge in [-0.05, 0) is 13.8 Å². The highest BCUT2D eigenvalue weighted by atomic mass is 32.1. The third kappa shape index (κ3) is 1.88. The van der Waals surface area contributed by atoms with E-state index in [9.17, 15) is 0 Å². The molecule has 0 radical (unpaired) electrons. The molecule has 0 aliphatic heterocycles. The molecule has 66 valence electrons. The second-order valence-electron chi connectivity index (χ2n) is 2.97. The van der Waals surface area contributed by atoms with Gasteiger partial charge in [0.25, 0.3) is 0 Å². The summed E-state index contributed by atoms with van der Waals surface area (Å²) in [5.74, 6) is 0.539. The van der Waals surface area contributed by atoms with Crippen LogP contribution < -0.4 is 4.74 Å². The SMILES string of the molecule is COc1nccnc1C(C)(C)S. The van der Waals surface area contributed by atoms with E-state index in [2.05, 4.69) is 22.6 Å². The van der Waals surface area contributed by atoms with Gasteiger partial charge in [-0.15, -0.1) is 0 Å². The van der Waals surface area contributed by atoms with Crippen molar-refractivity contribution in [3.63, 3.8) is 0 Å². The van der Waals surface area contributed by atoms with Crippen molar-refractivity contribution >= 4 is 12.6 Å². The zero-order chi connectivity index (χ0) is 9.19. The number of ether oxygens (including phenoxy) is 1. The molecule has 0 bridgehead atoms. The molecule has 0 saturated heterocycles. The first-order valence-corrected chi connectivity index (χ1v) is 4.08. The first-order chi connectivity index (χ1) is 5.55. The van der Waals surface area contributed by atoms with Gasteiger partial charge < -0.3 is 4.74 Å². The molecular formula is C8H12N2OS. The first-order valence-electron chi connectivity index (χ1n) is 3.63. The number of methoxy groups -OCH3 is 1. The Kier molecular flexibility index (Phi) is 2.57. The van der Waals surface area contributed by atoms with Crippen LogP contribution in [0.25, 0.3) is 0 Å². The second kappa shape index (κ2) is 3.31. The minimum atomic E-state index is -0.320. The summed E-state index contributed by atoms with van der Waals surface area (Å²) in [6, 6.07) is 0. The monoisotopic (exact) mass is 184 g/mol. The van der Waals surface area contributed by atoms with E-state index in [0.29, 0.717) is 5.88 Å². The molecule has 0 aromatic carbocycles. The van der Waals surface area contributed by atoms with E-state index < -0.39 is 0 Å². The summed E-state index contributed by atoms with van der Waals surface area (Å²) in [5, 5.41) is 0. The van der Waals surface area contributed by atoms with Crippen molar-refractivity contribution in [2.75, 3.05) is 7.11 Å². The van der Waals surface area contributed by atoms with Crippen LogP contribution in [0.1, 0.15) is 19.5 Å². The zero-order valence-electron chi connectivity index (χ0n) is 7.40. The van der Waals surface area contributed by atoms with Gasteiger partial charge in [0.1, 0.15) is 5.69 Å². The molecule has 0 spiro atoms. The van der Waals surface area contributed by atoms with E-state index in [1.165, 1.54) is 0 Å². The predicted molar refractivity (Wildman–Crippen MR) is 50.6 cm³/mol. The molecule has 0 aliphatic rings. The molecule has 1 heterocycles. The van der Waals surface area contributed by atoms with Gasteiger partial charge in [-0.1, -0.05) is 0 Å². The Morgan fingerprint density at radius 1 is 1.33 bits per heavy atom. The molecule has 12 heavy (non-hydrogen) atoms. The number of hydrogen-bond acceptors (Lipinski definition) is 4. The summed E-state index contributed by atoms with van der Waals surface area (Å²) in [4.78, 5) is 8.19. The van der Waals surface area contributed by atoms with Gasteiger partial charge in [0.2, 0.25) is 5.88 Å². The van der Waals surface area contributed by atoms with Gasteiger partial charge in [-0.2, -0.15) is 12.6 Å². The summed E-state index contributed by atoms with van der Waals surface area (Å²) in [7, 11) is 1.58. The molecule has 0 atom stereocenters. The highest BCUT2D eigenvalue weighted by Gasteiger charge is 2.21. The van der Waals surface area contributed by atoms with Gasteiger partial charge in [-0.25, -0.2) is 4.98 Å². The average Bonchev–Trinajstić information content (AvgIpc) is 2.03. The first kappa shape index (κ1) is 9.32. The van der Waals surface area contributed by atoms with Crippen molar-refractivity contribution in [3.05, 3.63) is 18.1 Å². The lowest BCUT2D eigenvalue weighted by atomic mass is 10.1. The number of nitrogens with zero attached hydrogens (tertiary/aromatic N) is 2. The number of rotatable bonds is 2. The number of hydrogen-bond donors (Lipinski definition) is 1. The molecule has 3 nitrogen and oxygen atoms in total. The topological polar surface area (TPSA) is 35.0 Å². The van der Waals surface area contributed by atoms with Gasteiger partial charge in [0, 0.05) is 12.4 Å². The van der Waals surface area contributed by atoms with E-state index in [1.807, 2.05) is 13.8 Å². The fourth-order valence-corrected chi connectivity index (χ4v) is 1.05. The number of thiol groups is 1. The molecule has 1 aromatic rings. The van der Waals surface area contributed by atoms with Crippen molar-refractivity contribution in [1.29, 1.82) is 0 Å². The van der Waals surface area contributed by atoms with Gasteiger partial charge in [0.15, 0.2) is 0 Å². The smallest absolute Gasteiger partial charge is 0.236 e. The predicted octanol–water partition coefficient (Wildman–Crippen LogP) is 1.65. The van der Waals surface area contributed by atoms with Crippen LogP contribution in [0.2, 0.25) is 0 Å². The Morgan fingerprint density at radius 3 is 2.33 bits per heavy atom. The molecule has 0 amide bonds. The highest BCUT2D eigenvalue weighted by molar-refractivity contribution is 7.81. The maximum absolute atomic E-state index is 5.05. The maximum Gasteiger partial charge on any atom is 0.236 e. The summed E-state index contributed by atoms with van der Waals surface area (Å²) >= 11 is 4.39. The molecule has 1 aromatic heterocycles. The second-order valence-corrected chi connectivity index (χ2v) is 4.09. The van der Waals surface area contributed by atoms with Crippen LogP contribution in [0.3, 0.4) is 0 Å². The fourth-order valence-electron chi connectivity index (χ4n) is 0.894. The Morgan fingerprint density at radius 2 is 1.92 bits per heavy atom. The van der Waals surface area contributed by atoms with Crippen LogP contribution >= 0.6 is 12.6 Å². The molecule has 0 unspecified atom stereocenters. The van der Waals surface area contributed by atoms with Crippen LogP contribution in [-0.2, 0) is 4.75 Å². The quantitative estimate of drug-likeness (QED) is 0.710. The normalized spacial score (nSPS) is 11.3. The maximum atomic E-state index is 5.05. The van der Waals surface area contributed by atoms with Crippen molar-refractivity contribution in [2.24, 2.45) is 0 Å². The van der Waals surface area contributed by atoms with Crippen molar-refractivity contribution in [1.82, 2.24) is 9.97 Å².